The third kappa shape index (κ3) is 8.11. The summed E-state index contributed by atoms with van der Waals surface area (Å²) in [5, 5.41) is 12.1. The molecule has 0 bridgehead atoms. The van der Waals surface area contributed by atoms with E-state index in [9.17, 15) is 45.6 Å². The molecule has 0 saturated carbocycles. The summed E-state index contributed by atoms with van der Waals surface area (Å²) in [5.74, 6) is -6.82. The number of fused-ring (bicyclic) bond motifs is 2. The van der Waals surface area contributed by atoms with Gasteiger partial charge in [0.2, 0.25) is 17.7 Å². The van der Waals surface area contributed by atoms with Gasteiger partial charge in [-0.15, -0.1) is 0 Å². The van der Waals surface area contributed by atoms with Gasteiger partial charge in [-0.3, -0.25) is 48.3 Å². The summed E-state index contributed by atoms with van der Waals surface area (Å²) in [5.41, 5.74) is 10.4. The standard InChI is InChI=1S/C47H44F3N11O8S/c1-24(25-6-9-29(48)10-7-25)69-36-18-26(8-11-33(36)56-70(67,68)47(49)50)40-39-41(57(2)55-40)32(20-52-42(39)51)27-19-53-60(23-27)30-14-16-58(17-15-30)44(64)28-21-59(22-28)34-5-3-4-31-38(34)46(66)61(45(31)65)35-12-13-37(62)54-43(35)63/h3-11,18-20,23-24,28,30,35,47,56H,12-17,21-22H2,1-2H3,(H2,51,52)(H,54,62,63)/t24-,35?/m0/s1. The molecule has 19 nitrogen and oxygen atoms in total. The highest BCUT2D eigenvalue weighted by Gasteiger charge is 2.47. The first kappa shape index (κ1) is 45.9. The summed E-state index contributed by atoms with van der Waals surface area (Å²) in [6.45, 7) is 3.30. The number of nitrogens with zero attached hydrogens (tertiary/aromatic N) is 8. The Hall–Kier alpha value is -7.82. The summed E-state index contributed by atoms with van der Waals surface area (Å²) >= 11 is 0. The van der Waals surface area contributed by atoms with Gasteiger partial charge in [0.1, 0.15) is 35.2 Å². The third-order valence-electron chi connectivity index (χ3n) is 13.4. The number of aryl methyl sites for hydroxylation is 1. The second-order valence-corrected chi connectivity index (χ2v) is 19.3. The van der Waals surface area contributed by atoms with Crippen LogP contribution in [0.15, 0.2) is 79.3 Å². The number of rotatable bonds is 12. The monoisotopic (exact) mass is 979 g/mol. The number of halogens is 3. The first-order chi connectivity index (χ1) is 33.5. The SMILES string of the molecule is C[C@H](Oc1cc(-c2nn(C)c3c(-c4cnn(C5CCN(C(=O)C6CN(c7cccc8c7C(=O)N(C7CCC(=O)NC7=O)C8=O)C6)CC5)c4)cnc(N)c23)ccc1NS(=O)(=O)C(F)F)c1ccc(F)cc1. The van der Waals surface area contributed by atoms with Crippen LogP contribution in [0.3, 0.4) is 0 Å². The maximum atomic E-state index is 13.8. The van der Waals surface area contributed by atoms with Gasteiger partial charge in [-0.1, -0.05) is 24.3 Å². The van der Waals surface area contributed by atoms with Crippen LogP contribution in [0.5, 0.6) is 5.75 Å². The topological polar surface area (TPSA) is 237 Å². The lowest BCUT2D eigenvalue weighted by Gasteiger charge is -2.44. The minimum absolute atomic E-state index is 0.0106. The van der Waals surface area contributed by atoms with E-state index in [0.717, 1.165) is 4.90 Å². The Labute approximate surface area is 397 Å². The molecular weight excluding hydrogens is 936 g/mol. The average Bonchev–Trinajstić information content (AvgIpc) is 4.02. The van der Waals surface area contributed by atoms with Crippen LogP contribution in [-0.2, 0) is 31.5 Å². The van der Waals surface area contributed by atoms with Crippen LogP contribution in [0.25, 0.3) is 33.3 Å². The lowest BCUT2D eigenvalue weighted by Crippen LogP contribution is -2.56. The number of hydrogen-bond acceptors (Lipinski definition) is 13. The normalized spacial score (nSPS) is 18.4. The van der Waals surface area contributed by atoms with Crippen molar-refractivity contribution in [2.45, 2.75) is 56.6 Å². The van der Waals surface area contributed by atoms with E-state index >= 15 is 0 Å². The average molecular weight is 980 g/mol. The maximum Gasteiger partial charge on any atom is 0.355 e. The van der Waals surface area contributed by atoms with Crippen molar-refractivity contribution < 1.29 is 50.3 Å². The Morgan fingerprint density at radius 3 is 2.40 bits per heavy atom. The number of nitrogen functional groups attached to an aromatic ring is 1. The molecule has 0 aliphatic carbocycles. The van der Waals surface area contributed by atoms with Gasteiger partial charge in [0, 0.05) is 68.7 Å². The number of sulfonamides is 1. The van der Waals surface area contributed by atoms with Gasteiger partial charge in [0.15, 0.2) is 0 Å². The molecule has 6 aromatic rings. The van der Waals surface area contributed by atoms with Crippen molar-refractivity contribution in [3.63, 3.8) is 0 Å². The zero-order chi connectivity index (χ0) is 49.3. The molecule has 3 aromatic carbocycles. The second-order valence-electron chi connectivity index (χ2n) is 17.7. The van der Waals surface area contributed by atoms with Gasteiger partial charge in [-0.25, -0.2) is 17.8 Å². The number of likely N-dealkylation sites (tertiary alicyclic amines) is 1. The van der Waals surface area contributed by atoms with Crippen LogP contribution in [0.2, 0.25) is 0 Å². The number of pyridine rings is 1. The Bertz CT molecular complexity index is 3260. The van der Waals surface area contributed by atoms with Crippen molar-refractivity contribution in [1.29, 1.82) is 0 Å². The Morgan fingerprint density at radius 1 is 0.943 bits per heavy atom. The zero-order valence-corrected chi connectivity index (χ0v) is 38.3. The van der Waals surface area contributed by atoms with Gasteiger partial charge in [-0.2, -0.15) is 19.0 Å². The molecule has 4 aliphatic rings. The predicted molar refractivity (Wildman–Crippen MR) is 247 cm³/mol. The minimum atomic E-state index is -5.09. The third-order valence-corrected chi connectivity index (χ3v) is 14.3. The summed E-state index contributed by atoms with van der Waals surface area (Å²) in [6, 6.07) is 13.5. The van der Waals surface area contributed by atoms with Gasteiger partial charge in [-0.05, 0) is 68.1 Å². The number of nitrogens with two attached hydrogens (primary N) is 1. The Morgan fingerprint density at radius 2 is 1.69 bits per heavy atom. The number of aromatic nitrogens is 5. The van der Waals surface area contributed by atoms with E-state index in [4.69, 9.17) is 20.7 Å². The molecule has 4 aliphatic heterocycles. The molecule has 3 fully saturated rings. The number of alkyl halides is 2. The van der Waals surface area contributed by atoms with Gasteiger partial charge in [0.25, 0.3) is 21.8 Å². The molecular formula is C47H44F3N11O8S. The van der Waals surface area contributed by atoms with Crippen LogP contribution in [-0.4, -0.2) is 110 Å². The number of imide groups is 2. The van der Waals surface area contributed by atoms with Crippen LogP contribution in [0, 0.1) is 11.7 Å². The molecule has 1 unspecified atom stereocenters. The number of ether oxygens (including phenoxy) is 1. The van der Waals surface area contributed by atoms with E-state index in [1.54, 1.807) is 49.2 Å². The molecule has 362 valence electrons. The zero-order valence-electron chi connectivity index (χ0n) is 37.5. The van der Waals surface area contributed by atoms with Crippen molar-refractivity contribution in [3.05, 3.63) is 102 Å². The van der Waals surface area contributed by atoms with Crippen LogP contribution in [0.1, 0.15) is 71.0 Å². The van der Waals surface area contributed by atoms with E-state index in [0.29, 0.717) is 83.6 Å². The van der Waals surface area contributed by atoms with Crippen molar-refractivity contribution in [1.82, 2.24) is 39.7 Å². The van der Waals surface area contributed by atoms with E-state index in [1.807, 2.05) is 25.4 Å². The number of benzene rings is 3. The van der Waals surface area contributed by atoms with Gasteiger partial charge >= 0.3 is 5.76 Å². The lowest BCUT2D eigenvalue weighted by atomic mass is 9.94. The summed E-state index contributed by atoms with van der Waals surface area (Å²) in [6.07, 6.45) is 5.76. The lowest BCUT2D eigenvalue weighted by molar-refractivity contribution is -0.138. The number of piperidine rings is 2. The molecule has 5 amide bonds. The van der Waals surface area contributed by atoms with Gasteiger partial charge < -0.3 is 20.3 Å². The summed E-state index contributed by atoms with van der Waals surface area (Å²) in [7, 11) is -3.37. The van der Waals surface area contributed by atoms with Crippen molar-refractivity contribution in [3.8, 4) is 28.1 Å². The van der Waals surface area contributed by atoms with E-state index < -0.39 is 57.4 Å². The highest BCUT2D eigenvalue weighted by Crippen LogP contribution is 2.42. The van der Waals surface area contributed by atoms with E-state index in [-0.39, 0.29) is 59.1 Å². The molecule has 10 rings (SSSR count). The summed E-state index contributed by atoms with van der Waals surface area (Å²) in [4.78, 5) is 74.2. The molecule has 7 heterocycles. The smallest absolute Gasteiger partial charge is 0.355 e. The minimum Gasteiger partial charge on any atom is -0.484 e. The van der Waals surface area contributed by atoms with Crippen LogP contribution >= 0.6 is 0 Å². The van der Waals surface area contributed by atoms with Gasteiger partial charge in [0.05, 0.1) is 51.6 Å². The highest BCUT2D eigenvalue weighted by atomic mass is 32.2. The van der Waals surface area contributed by atoms with Crippen molar-refractivity contribution in [2.75, 3.05) is 41.5 Å². The predicted octanol–water partition coefficient (Wildman–Crippen LogP) is 5.03. The fourth-order valence-electron chi connectivity index (χ4n) is 9.67. The molecule has 70 heavy (non-hydrogen) atoms. The second kappa shape index (κ2) is 17.6. The molecule has 0 radical (unpaired) electrons. The fourth-order valence-corrected chi connectivity index (χ4v) is 10.2. The first-order valence-corrected chi connectivity index (χ1v) is 23.9. The first-order valence-electron chi connectivity index (χ1n) is 22.4. The Kier molecular flexibility index (Phi) is 11.6. The largest absolute Gasteiger partial charge is 0.484 e. The number of hydrogen-bond donors (Lipinski definition) is 3. The van der Waals surface area contributed by atoms with Crippen molar-refractivity contribution in [2.24, 2.45) is 13.0 Å². The van der Waals surface area contributed by atoms with Crippen LogP contribution < -0.4 is 25.4 Å². The molecule has 2 atom stereocenters. The number of carbonyl (C=O) groups excluding carboxylic acids is 5. The molecule has 3 saturated heterocycles. The number of nitrogens with one attached hydrogen (secondary N) is 2. The van der Waals surface area contributed by atoms with Crippen molar-refractivity contribution >= 4 is 67.7 Å². The van der Waals surface area contributed by atoms with E-state index in [2.05, 4.69) is 10.3 Å². The number of anilines is 3. The molecule has 0 spiro atoms. The van der Waals surface area contributed by atoms with E-state index in [1.165, 1.54) is 42.5 Å². The molecule has 4 N–H and O–H groups in total. The molecule has 23 heteroatoms. The quantitative estimate of drug-likeness (QED) is 0.137. The number of amides is 5. The fraction of sp³-hybridized carbons (Fsp3) is 0.319. The highest BCUT2D eigenvalue weighted by molar-refractivity contribution is 7.93. The maximum absolute atomic E-state index is 13.8. The Balaban J connectivity index is 0.822. The molecule has 3 aromatic heterocycles. The number of carbonyl (C=O) groups is 5. The summed E-state index contributed by atoms with van der Waals surface area (Å²) < 4.78 is 76.7. The van der Waals surface area contributed by atoms with Crippen LogP contribution in [0.4, 0.5) is 30.4 Å².